The van der Waals surface area contributed by atoms with Crippen LogP contribution in [0.15, 0.2) is 47.4 Å². The average Bonchev–Trinajstić information content (AvgIpc) is 3.22. The molecule has 2 N–H and O–H groups in total. The van der Waals surface area contributed by atoms with Crippen LogP contribution in [0.5, 0.6) is 11.5 Å². The molecular formula is C23H23ClN4O4S. The van der Waals surface area contributed by atoms with E-state index < -0.39 is 0 Å². The monoisotopic (exact) mass is 486 g/mol. The molecule has 4 aromatic rings. The van der Waals surface area contributed by atoms with Crippen LogP contribution in [0, 0.1) is 0 Å². The predicted molar refractivity (Wildman–Crippen MR) is 132 cm³/mol. The number of hydrogen-bond acceptors (Lipinski definition) is 6. The number of carbonyl (C=O) groups is 1. The molecule has 4 rings (SSSR count). The highest BCUT2D eigenvalue weighted by Gasteiger charge is 2.11. The van der Waals surface area contributed by atoms with E-state index in [0.29, 0.717) is 51.3 Å². The van der Waals surface area contributed by atoms with Crippen LogP contribution in [0.3, 0.4) is 0 Å². The van der Waals surface area contributed by atoms with Crippen molar-refractivity contribution < 1.29 is 14.3 Å². The predicted octanol–water partition coefficient (Wildman–Crippen LogP) is 3.60. The number of ether oxygens (including phenoxy) is 2. The zero-order valence-corrected chi connectivity index (χ0v) is 19.8. The number of aromatic nitrogens is 3. The van der Waals surface area contributed by atoms with Crippen molar-refractivity contribution in [2.75, 3.05) is 26.5 Å². The number of nitrogens with one attached hydrogen (secondary N) is 2. The summed E-state index contributed by atoms with van der Waals surface area (Å²) in [6.07, 6.45) is 1.86. The lowest BCUT2D eigenvalue weighted by atomic mass is 10.2. The highest BCUT2D eigenvalue weighted by atomic mass is 35.5. The maximum Gasteiger partial charge on any atom is 0.258 e. The van der Waals surface area contributed by atoms with E-state index in [9.17, 15) is 9.59 Å². The minimum absolute atomic E-state index is 0.0774. The van der Waals surface area contributed by atoms with E-state index in [1.807, 2.05) is 35.0 Å². The topological polar surface area (TPSA) is 98.2 Å². The highest BCUT2D eigenvalue weighted by Crippen LogP contribution is 2.30. The lowest BCUT2D eigenvalue weighted by molar-refractivity contribution is -0.121. The molecule has 0 fully saturated rings. The number of carbonyl (C=O) groups excluding carboxylic acids is 1. The van der Waals surface area contributed by atoms with Crippen LogP contribution in [0.25, 0.3) is 21.8 Å². The van der Waals surface area contributed by atoms with Crippen molar-refractivity contribution in [2.24, 2.45) is 0 Å². The smallest absolute Gasteiger partial charge is 0.258 e. The SMILES string of the molecule is COc1cc2nc(CSCCNC(=O)Cn3ccc4c(Cl)cccc43)[nH]c(=O)c2cc1OC. The molecule has 1 amide bonds. The largest absolute Gasteiger partial charge is 0.493 e. The molecule has 0 bridgehead atoms. The highest BCUT2D eigenvalue weighted by molar-refractivity contribution is 7.98. The van der Waals surface area contributed by atoms with Crippen LogP contribution >= 0.6 is 23.4 Å². The second-order valence-electron chi connectivity index (χ2n) is 7.26. The number of fused-ring (bicyclic) bond motifs is 2. The Hall–Kier alpha value is -3.17. The molecule has 8 nitrogen and oxygen atoms in total. The van der Waals surface area contributed by atoms with Crippen molar-refractivity contribution in [2.45, 2.75) is 12.3 Å². The second kappa shape index (κ2) is 10.2. The van der Waals surface area contributed by atoms with Crippen molar-refractivity contribution in [3.8, 4) is 11.5 Å². The van der Waals surface area contributed by atoms with Gasteiger partial charge in [0.2, 0.25) is 5.91 Å². The van der Waals surface area contributed by atoms with E-state index >= 15 is 0 Å². The Labute approximate surface area is 199 Å². The minimum Gasteiger partial charge on any atom is -0.493 e. The maximum absolute atomic E-state index is 12.4. The number of thioether (sulfide) groups is 1. The Balaban J connectivity index is 1.30. The first kappa shape index (κ1) is 23.0. The van der Waals surface area contributed by atoms with E-state index in [1.54, 1.807) is 23.9 Å². The van der Waals surface area contributed by atoms with Gasteiger partial charge in [-0.15, -0.1) is 0 Å². The fourth-order valence-electron chi connectivity index (χ4n) is 3.55. The summed E-state index contributed by atoms with van der Waals surface area (Å²) in [5, 5.41) is 4.95. The summed E-state index contributed by atoms with van der Waals surface area (Å²) < 4.78 is 12.4. The van der Waals surface area contributed by atoms with Crippen molar-refractivity contribution in [3.63, 3.8) is 0 Å². The Morgan fingerprint density at radius 1 is 1.18 bits per heavy atom. The molecule has 0 saturated carbocycles. The first-order valence-corrected chi connectivity index (χ1v) is 11.8. The fourth-order valence-corrected chi connectivity index (χ4v) is 4.50. The van der Waals surface area contributed by atoms with Gasteiger partial charge < -0.3 is 24.3 Å². The van der Waals surface area contributed by atoms with Crippen molar-refractivity contribution in [3.05, 3.63) is 63.8 Å². The van der Waals surface area contributed by atoms with Gasteiger partial charge in [-0.25, -0.2) is 4.98 Å². The molecule has 2 aromatic heterocycles. The van der Waals surface area contributed by atoms with E-state index in [4.69, 9.17) is 21.1 Å². The number of benzene rings is 2. The summed E-state index contributed by atoms with van der Waals surface area (Å²) in [5.74, 6) is 2.67. The maximum atomic E-state index is 12.4. The normalized spacial score (nSPS) is 11.1. The first-order chi connectivity index (χ1) is 16.0. The molecule has 10 heteroatoms. The van der Waals surface area contributed by atoms with Crippen molar-refractivity contribution in [1.29, 1.82) is 0 Å². The van der Waals surface area contributed by atoms with Gasteiger partial charge in [0.15, 0.2) is 11.5 Å². The third-order valence-electron chi connectivity index (χ3n) is 5.14. The Bertz CT molecular complexity index is 1370. The molecule has 2 aromatic carbocycles. The molecule has 0 spiro atoms. The van der Waals surface area contributed by atoms with E-state index in [-0.39, 0.29) is 18.0 Å². The molecule has 0 aliphatic carbocycles. The van der Waals surface area contributed by atoms with Gasteiger partial charge in [0, 0.05) is 40.5 Å². The van der Waals surface area contributed by atoms with Crippen molar-refractivity contribution in [1.82, 2.24) is 19.9 Å². The number of H-pyrrole nitrogens is 1. The van der Waals surface area contributed by atoms with Gasteiger partial charge in [-0.05, 0) is 24.3 Å². The second-order valence-corrected chi connectivity index (χ2v) is 8.77. The summed E-state index contributed by atoms with van der Waals surface area (Å²) in [4.78, 5) is 32.1. The first-order valence-electron chi connectivity index (χ1n) is 10.2. The number of nitrogens with zero attached hydrogens (tertiary/aromatic N) is 2. The lowest BCUT2D eigenvalue weighted by Gasteiger charge is -2.10. The third-order valence-corrected chi connectivity index (χ3v) is 6.44. The summed E-state index contributed by atoms with van der Waals surface area (Å²) in [5.41, 5.74) is 1.23. The van der Waals surface area contributed by atoms with Crippen LogP contribution < -0.4 is 20.3 Å². The van der Waals surface area contributed by atoms with Crippen LogP contribution in [0.4, 0.5) is 0 Å². The number of rotatable bonds is 9. The summed E-state index contributed by atoms with van der Waals surface area (Å²) in [7, 11) is 3.06. The summed E-state index contributed by atoms with van der Waals surface area (Å²) in [6, 6.07) is 10.9. The number of halogens is 1. The molecule has 0 radical (unpaired) electrons. The molecule has 0 unspecified atom stereocenters. The number of hydrogen-bond donors (Lipinski definition) is 2. The van der Waals surface area contributed by atoms with Crippen LogP contribution in [-0.4, -0.2) is 47.0 Å². The molecule has 0 aliphatic heterocycles. The zero-order chi connectivity index (χ0) is 23.4. The van der Waals surface area contributed by atoms with Crippen LogP contribution in [-0.2, 0) is 17.1 Å². The van der Waals surface area contributed by atoms with Gasteiger partial charge in [0.1, 0.15) is 12.4 Å². The quantitative estimate of drug-likeness (QED) is 0.351. The van der Waals surface area contributed by atoms with Crippen LogP contribution in [0.1, 0.15) is 5.82 Å². The molecule has 172 valence electrons. The summed E-state index contributed by atoms with van der Waals surface area (Å²) in [6.45, 7) is 0.728. The van der Waals surface area contributed by atoms with Crippen molar-refractivity contribution >= 4 is 51.1 Å². The molecule has 0 aliphatic rings. The molecule has 0 saturated heterocycles. The fraction of sp³-hybridized carbons (Fsp3) is 0.261. The third kappa shape index (κ3) is 5.09. The molecule has 2 heterocycles. The van der Waals surface area contributed by atoms with Gasteiger partial charge in [-0.1, -0.05) is 17.7 Å². The lowest BCUT2D eigenvalue weighted by Crippen LogP contribution is -2.29. The van der Waals surface area contributed by atoms with E-state index in [1.165, 1.54) is 14.2 Å². The van der Waals surface area contributed by atoms with Gasteiger partial charge in [0.05, 0.1) is 30.9 Å². The number of amides is 1. The molecular weight excluding hydrogens is 464 g/mol. The van der Waals surface area contributed by atoms with Gasteiger partial charge in [-0.3, -0.25) is 9.59 Å². The van der Waals surface area contributed by atoms with E-state index in [0.717, 1.165) is 10.9 Å². The van der Waals surface area contributed by atoms with Gasteiger partial charge >= 0.3 is 0 Å². The van der Waals surface area contributed by atoms with Gasteiger partial charge in [-0.2, -0.15) is 11.8 Å². The molecule has 33 heavy (non-hydrogen) atoms. The standard InChI is InChI=1S/C23H23ClN4O4S/c1-31-19-10-15-17(11-20(19)32-2)26-21(27-23(15)30)13-33-9-7-25-22(29)12-28-8-6-14-16(24)4-3-5-18(14)28/h3-6,8,10-11H,7,9,12-13H2,1-2H3,(H,25,29)(H,26,27,30). The summed E-state index contributed by atoms with van der Waals surface area (Å²) >= 11 is 7.76. The Morgan fingerprint density at radius 2 is 1.97 bits per heavy atom. The van der Waals surface area contributed by atoms with Crippen LogP contribution in [0.2, 0.25) is 5.02 Å². The Morgan fingerprint density at radius 3 is 2.76 bits per heavy atom. The Kier molecular flexibility index (Phi) is 7.10. The van der Waals surface area contributed by atoms with E-state index in [2.05, 4.69) is 15.3 Å². The zero-order valence-electron chi connectivity index (χ0n) is 18.2. The minimum atomic E-state index is -0.232. The van der Waals surface area contributed by atoms with Gasteiger partial charge in [0.25, 0.3) is 5.56 Å². The number of methoxy groups -OCH3 is 2. The number of aromatic amines is 1. The molecule has 0 atom stereocenters. The average molecular weight is 487 g/mol.